The maximum absolute atomic E-state index is 12.2. The highest BCUT2D eigenvalue weighted by Gasteiger charge is 2.24. The van der Waals surface area contributed by atoms with Crippen LogP contribution in [0.4, 0.5) is 0 Å². The summed E-state index contributed by atoms with van der Waals surface area (Å²) < 4.78 is 5.55. The molecule has 0 aromatic heterocycles. The Labute approximate surface area is 144 Å². The molecule has 2 rings (SSSR count). The summed E-state index contributed by atoms with van der Waals surface area (Å²) in [5.74, 6) is 1.19. The van der Waals surface area contributed by atoms with Crippen molar-refractivity contribution >= 4 is 11.8 Å². The van der Waals surface area contributed by atoms with Crippen LogP contribution in [0.5, 0.6) is 5.75 Å². The molecule has 0 atom stereocenters. The van der Waals surface area contributed by atoms with Crippen LogP contribution in [0.1, 0.15) is 38.7 Å². The fourth-order valence-electron chi connectivity index (χ4n) is 2.80. The molecule has 5 nitrogen and oxygen atoms in total. The van der Waals surface area contributed by atoms with Gasteiger partial charge in [-0.2, -0.15) is 0 Å². The highest BCUT2D eigenvalue weighted by Crippen LogP contribution is 2.14. The Morgan fingerprint density at radius 1 is 1.21 bits per heavy atom. The number of carbonyl (C=O) groups excluding carboxylic acids is 2. The van der Waals surface area contributed by atoms with E-state index in [2.05, 4.69) is 5.32 Å². The van der Waals surface area contributed by atoms with E-state index in [1.54, 1.807) is 0 Å². The molecule has 1 aliphatic heterocycles. The molecule has 132 valence electrons. The number of likely N-dealkylation sites (tertiary alicyclic amines) is 1. The molecule has 1 aromatic carbocycles. The van der Waals surface area contributed by atoms with Gasteiger partial charge in [-0.1, -0.05) is 31.5 Å². The molecule has 2 amide bonds. The van der Waals surface area contributed by atoms with Gasteiger partial charge < -0.3 is 15.0 Å². The lowest BCUT2D eigenvalue weighted by Gasteiger charge is -2.32. The molecule has 24 heavy (non-hydrogen) atoms. The van der Waals surface area contributed by atoms with Gasteiger partial charge in [-0.15, -0.1) is 0 Å². The first-order chi connectivity index (χ1) is 11.4. The zero-order valence-corrected chi connectivity index (χ0v) is 14.9. The Kier molecular flexibility index (Phi) is 6.64. The molecule has 0 radical (unpaired) electrons. The molecule has 1 heterocycles. The van der Waals surface area contributed by atoms with Crippen LogP contribution in [-0.4, -0.2) is 42.5 Å². The molecule has 1 fully saturated rings. The molecular weight excluding hydrogens is 304 g/mol. The van der Waals surface area contributed by atoms with Crippen molar-refractivity contribution in [2.45, 2.75) is 46.1 Å². The van der Waals surface area contributed by atoms with Crippen molar-refractivity contribution in [3.05, 3.63) is 29.8 Å². The molecule has 0 spiro atoms. The van der Waals surface area contributed by atoms with Gasteiger partial charge in [0.2, 0.25) is 5.91 Å². The molecule has 0 saturated carbocycles. The predicted octanol–water partition coefficient (Wildman–Crippen LogP) is 2.53. The molecule has 1 aliphatic rings. The van der Waals surface area contributed by atoms with Gasteiger partial charge in [0.1, 0.15) is 5.75 Å². The van der Waals surface area contributed by atoms with Gasteiger partial charge >= 0.3 is 0 Å². The van der Waals surface area contributed by atoms with Gasteiger partial charge in [-0.3, -0.25) is 9.59 Å². The summed E-state index contributed by atoms with van der Waals surface area (Å²) in [5, 5.41) is 3.06. The Balaban J connectivity index is 1.70. The number of hydrogen-bond donors (Lipinski definition) is 1. The third kappa shape index (κ3) is 5.87. The van der Waals surface area contributed by atoms with Crippen LogP contribution < -0.4 is 10.1 Å². The molecule has 0 unspecified atom stereocenters. The highest BCUT2D eigenvalue weighted by atomic mass is 16.5. The van der Waals surface area contributed by atoms with Crippen molar-refractivity contribution in [1.82, 2.24) is 10.2 Å². The Hall–Kier alpha value is -2.04. The van der Waals surface area contributed by atoms with E-state index in [0.717, 1.165) is 18.4 Å². The maximum Gasteiger partial charge on any atom is 0.260 e. The molecule has 1 N–H and O–H groups in total. The number of nitrogens with one attached hydrogen (secondary N) is 1. The minimum Gasteiger partial charge on any atom is -0.484 e. The van der Waals surface area contributed by atoms with Crippen LogP contribution in [0.15, 0.2) is 24.3 Å². The van der Waals surface area contributed by atoms with E-state index in [0.29, 0.717) is 31.2 Å². The molecule has 0 aliphatic carbocycles. The standard InChI is InChI=1S/C19H28N2O3/c1-14(2)12-18(22)20-16-8-10-21(11-9-16)19(23)13-24-17-6-4-15(3)5-7-17/h4-7,14,16H,8-13H2,1-3H3,(H,20,22). The van der Waals surface area contributed by atoms with Crippen LogP contribution in [0.3, 0.4) is 0 Å². The van der Waals surface area contributed by atoms with Crippen molar-refractivity contribution in [2.24, 2.45) is 5.92 Å². The fourth-order valence-corrected chi connectivity index (χ4v) is 2.80. The Bertz CT molecular complexity index is 546. The van der Waals surface area contributed by atoms with Crippen LogP contribution in [0.2, 0.25) is 0 Å². The third-order valence-corrected chi connectivity index (χ3v) is 4.19. The molecule has 1 aromatic rings. The average Bonchev–Trinajstić information content (AvgIpc) is 2.54. The number of amides is 2. The summed E-state index contributed by atoms with van der Waals surface area (Å²) in [7, 11) is 0. The second-order valence-corrected chi connectivity index (χ2v) is 6.92. The quantitative estimate of drug-likeness (QED) is 0.871. The summed E-state index contributed by atoms with van der Waals surface area (Å²) in [5.41, 5.74) is 1.16. The lowest BCUT2D eigenvalue weighted by Crippen LogP contribution is -2.47. The first-order valence-electron chi connectivity index (χ1n) is 8.70. The second kappa shape index (κ2) is 8.71. The number of ether oxygens (including phenoxy) is 1. The number of hydrogen-bond acceptors (Lipinski definition) is 3. The topological polar surface area (TPSA) is 58.6 Å². The van der Waals surface area contributed by atoms with E-state index < -0.39 is 0 Å². The summed E-state index contributed by atoms with van der Waals surface area (Å²) >= 11 is 0. The van der Waals surface area contributed by atoms with Gasteiger partial charge in [0.05, 0.1) is 0 Å². The molecule has 5 heteroatoms. The van der Waals surface area contributed by atoms with Crippen molar-refractivity contribution in [2.75, 3.05) is 19.7 Å². The zero-order valence-electron chi connectivity index (χ0n) is 14.9. The van der Waals surface area contributed by atoms with Crippen LogP contribution in [-0.2, 0) is 9.59 Å². The van der Waals surface area contributed by atoms with E-state index in [1.165, 1.54) is 0 Å². The van der Waals surface area contributed by atoms with Crippen molar-refractivity contribution in [3.8, 4) is 5.75 Å². The molecular formula is C19H28N2O3. The minimum absolute atomic E-state index is 0.00234. The fraction of sp³-hybridized carbons (Fsp3) is 0.579. The van der Waals surface area contributed by atoms with E-state index >= 15 is 0 Å². The van der Waals surface area contributed by atoms with E-state index in [4.69, 9.17) is 4.74 Å². The second-order valence-electron chi connectivity index (χ2n) is 6.92. The minimum atomic E-state index is 0.00234. The highest BCUT2D eigenvalue weighted by molar-refractivity contribution is 5.78. The van der Waals surface area contributed by atoms with E-state index in [-0.39, 0.29) is 24.5 Å². The first kappa shape index (κ1) is 18.3. The maximum atomic E-state index is 12.2. The van der Waals surface area contributed by atoms with Gasteiger partial charge in [0.15, 0.2) is 6.61 Å². The predicted molar refractivity (Wildman–Crippen MR) is 93.9 cm³/mol. The zero-order chi connectivity index (χ0) is 17.5. The number of piperidine rings is 1. The lowest BCUT2D eigenvalue weighted by molar-refractivity contribution is -0.134. The number of rotatable bonds is 6. The smallest absolute Gasteiger partial charge is 0.260 e. The van der Waals surface area contributed by atoms with Gasteiger partial charge in [0.25, 0.3) is 5.91 Å². The van der Waals surface area contributed by atoms with Crippen LogP contribution in [0, 0.1) is 12.8 Å². The van der Waals surface area contributed by atoms with Crippen LogP contribution in [0.25, 0.3) is 0 Å². The first-order valence-corrected chi connectivity index (χ1v) is 8.70. The third-order valence-electron chi connectivity index (χ3n) is 4.19. The average molecular weight is 332 g/mol. The number of nitrogens with zero attached hydrogens (tertiary/aromatic N) is 1. The molecule has 0 bridgehead atoms. The Morgan fingerprint density at radius 2 is 1.83 bits per heavy atom. The van der Waals surface area contributed by atoms with E-state index in [9.17, 15) is 9.59 Å². The monoisotopic (exact) mass is 332 g/mol. The summed E-state index contributed by atoms with van der Waals surface area (Å²) in [6, 6.07) is 7.85. The van der Waals surface area contributed by atoms with Gasteiger partial charge in [-0.05, 0) is 37.8 Å². The van der Waals surface area contributed by atoms with Gasteiger partial charge in [0, 0.05) is 25.6 Å². The SMILES string of the molecule is Cc1ccc(OCC(=O)N2CCC(NC(=O)CC(C)C)CC2)cc1. The summed E-state index contributed by atoms with van der Waals surface area (Å²) in [6.45, 7) is 7.49. The van der Waals surface area contributed by atoms with Gasteiger partial charge in [-0.25, -0.2) is 0 Å². The molecule has 1 saturated heterocycles. The van der Waals surface area contributed by atoms with Crippen LogP contribution >= 0.6 is 0 Å². The Morgan fingerprint density at radius 3 is 2.42 bits per heavy atom. The number of carbonyl (C=O) groups is 2. The van der Waals surface area contributed by atoms with Crippen molar-refractivity contribution in [1.29, 1.82) is 0 Å². The van der Waals surface area contributed by atoms with Crippen molar-refractivity contribution < 1.29 is 14.3 Å². The normalized spacial score (nSPS) is 15.4. The number of benzene rings is 1. The largest absolute Gasteiger partial charge is 0.484 e. The lowest BCUT2D eigenvalue weighted by atomic mass is 10.0. The summed E-state index contributed by atoms with van der Waals surface area (Å²) in [6.07, 6.45) is 2.17. The number of aryl methyl sites for hydroxylation is 1. The summed E-state index contributed by atoms with van der Waals surface area (Å²) in [4.78, 5) is 25.9. The van der Waals surface area contributed by atoms with Crippen molar-refractivity contribution in [3.63, 3.8) is 0 Å². The van der Waals surface area contributed by atoms with E-state index in [1.807, 2.05) is 49.9 Å².